The minimum atomic E-state index is -0.535. The quantitative estimate of drug-likeness (QED) is 0.732. The van der Waals surface area contributed by atoms with E-state index < -0.39 is 6.10 Å². The average Bonchev–Trinajstić information content (AvgIpc) is 2.26. The molecule has 0 amide bonds. The number of methoxy groups -OCH3 is 1. The summed E-state index contributed by atoms with van der Waals surface area (Å²) in [7, 11) is 1.43. The summed E-state index contributed by atoms with van der Waals surface area (Å²) >= 11 is 0. The lowest BCUT2D eigenvalue weighted by Gasteiger charge is -2.57. The van der Waals surface area contributed by atoms with Gasteiger partial charge in [0.05, 0.1) is 19.1 Å². The van der Waals surface area contributed by atoms with E-state index in [4.69, 9.17) is 4.74 Å². The zero-order valence-corrected chi connectivity index (χ0v) is 12.0. The first-order valence-electron chi connectivity index (χ1n) is 7.09. The monoisotopic (exact) mass is 254 g/mol. The van der Waals surface area contributed by atoms with Crippen molar-refractivity contribution in [3.8, 4) is 0 Å². The molecule has 0 spiro atoms. The molecule has 0 aromatic heterocycles. The third kappa shape index (κ3) is 1.97. The van der Waals surface area contributed by atoms with Gasteiger partial charge in [0.25, 0.3) is 0 Å². The van der Waals surface area contributed by atoms with Gasteiger partial charge in [-0.15, -0.1) is 0 Å². The van der Waals surface area contributed by atoms with Gasteiger partial charge in [-0.1, -0.05) is 27.2 Å². The van der Waals surface area contributed by atoms with Gasteiger partial charge >= 0.3 is 5.97 Å². The molecule has 3 heteroatoms. The minimum Gasteiger partial charge on any atom is -0.469 e. The van der Waals surface area contributed by atoms with Crippen molar-refractivity contribution in [2.45, 2.75) is 59.0 Å². The van der Waals surface area contributed by atoms with Crippen molar-refractivity contribution < 1.29 is 14.6 Å². The van der Waals surface area contributed by atoms with E-state index in [2.05, 4.69) is 20.8 Å². The van der Waals surface area contributed by atoms with E-state index in [9.17, 15) is 9.90 Å². The lowest BCUT2D eigenvalue weighted by molar-refractivity contribution is -0.175. The summed E-state index contributed by atoms with van der Waals surface area (Å²) in [5.74, 6) is -0.0699. The number of rotatable bonds is 1. The molecule has 0 radical (unpaired) electrons. The number of fused-ring (bicyclic) bond motifs is 1. The summed E-state index contributed by atoms with van der Waals surface area (Å²) < 4.78 is 4.94. The summed E-state index contributed by atoms with van der Waals surface area (Å²) in [6.07, 6.45) is 4.60. The predicted octanol–water partition coefficient (Wildman–Crippen LogP) is 2.76. The Morgan fingerprint density at radius 2 is 1.89 bits per heavy atom. The van der Waals surface area contributed by atoms with Crippen LogP contribution >= 0.6 is 0 Å². The molecule has 2 rings (SSSR count). The van der Waals surface area contributed by atoms with E-state index in [-0.39, 0.29) is 22.7 Å². The highest BCUT2D eigenvalue weighted by Gasteiger charge is 2.57. The average molecular weight is 254 g/mol. The fourth-order valence-corrected chi connectivity index (χ4v) is 4.76. The number of aliphatic hydroxyl groups is 1. The number of aliphatic hydroxyl groups excluding tert-OH is 1. The van der Waals surface area contributed by atoms with Crippen LogP contribution in [0.25, 0.3) is 0 Å². The number of carbonyl (C=O) groups is 1. The molecule has 2 saturated carbocycles. The fourth-order valence-electron chi connectivity index (χ4n) is 4.76. The largest absolute Gasteiger partial charge is 0.469 e. The van der Waals surface area contributed by atoms with Crippen LogP contribution in [-0.2, 0) is 9.53 Å². The van der Waals surface area contributed by atoms with Gasteiger partial charge in [-0.25, -0.2) is 0 Å². The second-order valence-electron chi connectivity index (χ2n) is 7.05. The Hall–Kier alpha value is -0.570. The number of hydrogen-bond acceptors (Lipinski definition) is 3. The van der Waals surface area contributed by atoms with Gasteiger partial charge in [-0.2, -0.15) is 0 Å². The molecule has 0 aromatic rings. The Bertz CT molecular complexity index is 337. The maximum absolute atomic E-state index is 12.1. The minimum absolute atomic E-state index is 0.105. The Morgan fingerprint density at radius 1 is 1.22 bits per heavy atom. The van der Waals surface area contributed by atoms with E-state index >= 15 is 0 Å². The number of ether oxygens (including phenoxy) is 1. The molecule has 1 N–H and O–H groups in total. The summed E-state index contributed by atoms with van der Waals surface area (Å²) in [6.45, 7) is 6.80. The van der Waals surface area contributed by atoms with Crippen molar-refractivity contribution >= 4 is 5.97 Å². The lowest BCUT2D eigenvalue weighted by Crippen LogP contribution is -2.55. The second kappa shape index (κ2) is 4.52. The fraction of sp³-hybridized carbons (Fsp3) is 0.933. The van der Waals surface area contributed by atoms with Crippen molar-refractivity contribution in [1.82, 2.24) is 0 Å². The third-order valence-corrected chi connectivity index (χ3v) is 5.58. The molecular weight excluding hydrogens is 228 g/mol. The molecule has 18 heavy (non-hydrogen) atoms. The van der Waals surface area contributed by atoms with Crippen LogP contribution in [-0.4, -0.2) is 24.3 Å². The maximum Gasteiger partial charge on any atom is 0.311 e. The molecular formula is C15H26O3. The Kier molecular flexibility index (Phi) is 3.48. The van der Waals surface area contributed by atoms with Crippen molar-refractivity contribution in [2.75, 3.05) is 7.11 Å². The standard InChI is InChI=1S/C15H26O3/c1-14(2)8-5-9-15(3)11(14)7-6-10(16)12(15)13(17)18-4/h10-12,16H,5-9H2,1-4H3/t10-,11-,12+,15+/m0/s1. The molecule has 0 unspecified atom stereocenters. The molecule has 0 aliphatic heterocycles. The van der Waals surface area contributed by atoms with Gasteiger partial charge < -0.3 is 9.84 Å². The van der Waals surface area contributed by atoms with Crippen LogP contribution < -0.4 is 0 Å². The number of carbonyl (C=O) groups excluding carboxylic acids is 1. The smallest absolute Gasteiger partial charge is 0.311 e. The summed E-state index contributed by atoms with van der Waals surface area (Å²) in [4.78, 5) is 12.1. The molecule has 104 valence electrons. The van der Waals surface area contributed by atoms with Crippen LogP contribution in [0.3, 0.4) is 0 Å². The molecule has 2 aliphatic carbocycles. The Labute approximate surface area is 110 Å². The zero-order chi connectivity index (χ0) is 13.6. The van der Waals surface area contributed by atoms with Crippen LogP contribution in [0.2, 0.25) is 0 Å². The Balaban J connectivity index is 2.37. The van der Waals surface area contributed by atoms with E-state index in [1.165, 1.54) is 13.5 Å². The van der Waals surface area contributed by atoms with Gasteiger partial charge in [0.1, 0.15) is 0 Å². The summed E-state index contributed by atoms with van der Waals surface area (Å²) in [5, 5.41) is 10.2. The van der Waals surface area contributed by atoms with Gasteiger partial charge in [-0.05, 0) is 42.4 Å². The molecule has 4 atom stereocenters. The van der Waals surface area contributed by atoms with Crippen molar-refractivity contribution in [2.24, 2.45) is 22.7 Å². The second-order valence-corrected chi connectivity index (χ2v) is 7.05. The maximum atomic E-state index is 12.1. The van der Waals surface area contributed by atoms with Crippen LogP contribution in [0.1, 0.15) is 52.9 Å². The van der Waals surface area contributed by atoms with E-state index in [0.29, 0.717) is 5.92 Å². The first-order chi connectivity index (χ1) is 8.33. The topological polar surface area (TPSA) is 46.5 Å². The molecule has 0 heterocycles. The van der Waals surface area contributed by atoms with Crippen molar-refractivity contribution in [3.63, 3.8) is 0 Å². The van der Waals surface area contributed by atoms with Crippen LogP contribution in [0.15, 0.2) is 0 Å². The predicted molar refractivity (Wildman–Crippen MR) is 70.0 cm³/mol. The van der Waals surface area contributed by atoms with Gasteiger partial charge in [0, 0.05) is 0 Å². The van der Waals surface area contributed by atoms with E-state index in [1.807, 2.05) is 0 Å². The highest BCUT2D eigenvalue weighted by molar-refractivity contribution is 5.74. The number of hydrogen-bond donors (Lipinski definition) is 1. The molecule has 2 fully saturated rings. The van der Waals surface area contributed by atoms with Crippen molar-refractivity contribution in [1.29, 1.82) is 0 Å². The SMILES string of the molecule is COC(=O)[C@H]1[C@@H](O)CC[C@H]2C(C)(C)CCC[C@@]12C. The Morgan fingerprint density at radius 3 is 2.50 bits per heavy atom. The zero-order valence-electron chi connectivity index (χ0n) is 12.0. The van der Waals surface area contributed by atoms with E-state index in [1.54, 1.807) is 0 Å². The lowest BCUT2D eigenvalue weighted by atomic mass is 9.48. The first kappa shape index (κ1) is 13.9. The number of esters is 1. The third-order valence-electron chi connectivity index (χ3n) is 5.58. The highest BCUT2D eigenvalue weighted by Crippen LogP contribution is 2.59. The van der Waals surface area contributed by atoms with Crippen molar-refractivity contribution in [3.05, 3.63) is 0 Å². The molecule has 2 aliphatic rings. The summed E-state index contributed by atoms with van der Waals surface area (Å²) in [5.41, 5.74) is 0.159. The molecule has 0 aromatic carbocycles. The van der Waals surface area contributed by atoms with Gasteiger partial charge in [0.2, 0.25) is 0 Å². The first-order valence-corrected chi connectivity index (χ1v) is 7.09. The van der Waals surface area contributed by atoms with Gasteiger partial charge in [-0.3, -0.25) is 4.79 Å². The van der Waals surface area contributed by atoms with Crippen LogP contribution in [0, 0.1) is 22.7 Å². The van der Waals surface area contributed by atoms with Gasteiger partial charge in [0.15, 0.2) is 0 Å². The normalized spacial score (nSPS) is 43.1. The van der Waals surface area contributed by atoms with E-state index in [0.717, 1.165) is 25.7 Å². The molecule has 0 bridgehead atoms. The molecule has 0 saturated heterocycles. The molecule has 3 nitrogen and oxygen atoms in total. The highest BCUT2D eigenvalue weighted by atomic mass is 16.5. The van der Waals surface area contributed by atoms with Crippen LogP contribution in [0.4, 0.5) is 0 Å². The van der Waals surface area contributed by atoms with Crippen LogP contribution in [0.5, 0.6) is 0 Å². The summed E-state index contributed by atoms with van der Waals surface area (Å²) in [6, 6.07) is 0.